The molecule has 7 atom stereocenters. The quantitative estimate of drug-likeness (QED) is 0.239. The maximum absolute atomic E-state index is 14.6. The van der Waals surface area contributed by atoms with Gasteiger partial charge >= 0.3 is 0 Å². The van der Waals surface area contributed by atoms with Crippen LogP contribution in [0.2, 0.25) is 0 Å². The van der Waals surface area contributed by atoms with Crippen molar-refractivity contribution < 1.29 is 28.8 Å². The molecule has 2 heterocycles. The van der Waals surface area contributed by atoms with Gasteiger partial charge in [-0.25, -0.2) is 4.98 Å². The fraction of sp³-hybridized carbons (Fsp3) is 0.600. The van der Waals surface area contributed by atoms with Crippen molar-refractivity contribution in [2.24, 2.45) is 28.6 Å². The van der Waals surface area contributed by atoms with Crippen molar-refractivity contribution in [3.05, 3.63) is 60.2 Å². The minimum atomic E-state index is -1.02. The minimum Gasteiger partial charge on any atom is -0.343 e. The first-order chi connectivity index (χ1) is 24.4. The molecular formula is C40H56N6O6. The Morgan fingerprint density at radius 1 is 0.885 bits per heavy atom. The van der Waals surface area contributed by atoms with Crippen molar-refractivity contribution in [3.63, 3.8) is 0 Å². The number of carbonyl (C=O) groups is 6. The molecule has 2 fully saturated rings. The first-order valence-electron chi connectivity index (χ1n) is 18.5. The van der Waals surface area contributed by atoms with Gasteiger partial charge in [0.25, 0.3) is 11.8 Å². The molecule has 1 saturated heterocycles. The number of aromatic nitrogens is 2. The molecule has 12 nitrogen and oxygen atoms in total. The highest BCUT2D eigenvalue weighted by Crippen LogP contribution is 2.44. The van der Waals surface area contributed by atoms with Gasteiger partial charge in [-0.05, 0) is 54.4 Å². The van der Waals surface area contributed by atoms with Crippen LogP contribution in [0, 0.1) is 28.6 Å². The van der Waals surface area contributed by atoms with E-state index in [-0.39, 0.29) is 41.7 Å². The molecule has 4 rings (SSSR count). The SMILES string of the molecule is CCC[C@H](CC(=O)[C@@H]1[C@H]2CCC[C@H]2CN1C(=O)[C@@H](NC(=O)[C@@H](NC(=O)c1cnccn1)C(C)(C)C)C(C)(C)C)C(=O)C(=O)N[C@@H](C)c1ccccc1. The highest BCUT2D eigenvalue weighted by molar-refractivity contribution is 6.37. The zero-order valence-electron chi connectivity index (χ0n) is 31.9. The first-order valence-corrected chi connectivity index (χ1v) is 18.5. The number of hydrogen-bond acceptors (Lipinski definition) is 8. The number of Topliss-reactive ketones (excluding diaryl/α,β-unsaturated/α-hetero) is 2. The van der Waals surface area contributed by atoms with Crippen molar-refractivity contribution in [2.75, 3.05) is 6.54 Å². The van der Waals surface area contributed by atoms with Gasteiger partial charge in [-0.15, -0.1) is 0 Å². The Hall–Kier alpha value is -4.48. The normalized spacial score (nSPS) is 20.9. The third-order valence-corrected chi connectivity index (χ3v) is 10.4. The number of nitrogens with one attached hydrogen (secondary N) is 3. The van der Waals surface area contributed by atoms with Crippen LogP contribution in [0.5, 0.6) is 0 Å². The third kappa shape index (κ3) is 9.68. The second-order valence-corrected chi connectivity index (χ2v) is 16.6. The molecule has 1 aromatic carbocycles. The Labute approximate surface area is 307 Å². The van der Waals surface area contributed by atoms with Crippen molar-refractivity contribution >= 4 is 35.2 Å². The Morgan fingerprint density at radius 3 is 2.15 bits per heavy atom. The lowest BCUT2D eigenvalue weighted by atomic mass is 9.82. The first kappa shape index (κ1) is 40.3. The number of likely N-dealkylation sites (tertiary alicyclic amines) is 1. The Kier molecular flexibility index (Phi) is 13.1. The van der Waals surface area contributed by atoms with Crippen LogP contribution in [0.1, 0.15) is 116 Å². The van der Waals surface area contributed by atoms with E-state index in [1.807, 2.05) is 85.7 Å². The van der Waals surface area contributed by atoms with E-state index in [9.17, 15) is 28.8 Å². The summed E-state index contributed by atoms with van der Waals surface area (Å²) in [6, 6.07) is 6.15. The van der Waals surface area contributed by atoms with Crippen LogP contribution in [0.25, 0.3) is 0 Å². The fourth-order valence-electron chi connectivity index (χ4n) is 7.60. The number of hydrogen-bond donors (Lipinski definition) is 3. The Balaban J connectivity index is 1.54. The summed E-state index contributed by atoms with van der Waals surface area (Å²) in [5.74, 6) is -3.84. The molecule has 282 valence electrons. The number of nitrogens with zero attached hydrogens (tertiary/aromatic N) is 3. The van der Waals surface area contributed by atoms with E-state index in [2.05, 4.69) is 25.9 Å². The average molecular weight is 717 g/mol. The lowest BCUT2D eigenvalue weighted by molar-refractivity contribution is -0.146. The summed E-state index contributed by atoms with van der Waals surface area (Å²) in [7, 11) is 0. The summed E-state index contributed by atoms with van der Waals surface area (Å²) in [5.41, 5.74) is -0.575. The summed E-state index contributed by atoms with van der Waals surface area (Å²) in [6.45, 7) is 15.1. The number of amides is 4. The van der Waals surface area contributed by atoms with Crippen molar-refractivity contribution in [1.82, 2.24) is 30.8 Å². The van der Waals surface area contributed by atoms with Gasteiger partial charge in [0.1, 0.15) is 17.8 Å². The molecule has 1 saturated carbocycles. The maximum atomic E-state index is 14.6. The highest BCUT2D eigenvalue weighted by atomic mass is 16.2. The zero-order valence-corrected chi connectivity index (χ0v) is 31.9. The van der Waals surface area contributed by atoms with Crippen molar-refractivity contribution in [3.8, 4) is 0 Å². The van der Waals surface area contributed by atoms with Crippen LogP contribution in [-0.4, -0.2) is 74.7 Å². The van der Waals surface area contributed by atoms with Gasteiger partial charge in [0.15, 0.2) is 5.78 Å². The molecule has 2 aromatic rings. The lowest BCUT2D eigenvalue weighted by Crippen LogP contribution is -2.62. The fourth-order valence-corrected chi connectivity index (χ4v) is 7.60. The summed E-state index contributed by atoms with van der Waals surface area (Å²) in [6.07, 6.45) is 7.56. The highest BCUT2D eigenvalue weighted by Gasteiger charge is 2.52. The molecule has 2 aliphatic rings. The third-order valence-electron chi connectivity index (χ3n) is 10.4. The minimum absolute atomic E-state index is 0.0565. The smallest absolute Gasteiger partial charge is 0.288 e. The van der Waals surface area contributed by atoms with E-state index >= 15 is 0 Å². The Morgan fingerprint density at radius 2 is 1.56 bits per heavy atom. The molecule has 12 heteroatoms. The molecule has 0 spiro atoms. The summed E-state index contributed by atoms with van der Waals surface area (Å²) < 4.78 is 0. The number of rotatable bonds is 14. The molecular weight excluding hydrogens is 660 g/mol. The second kappa shape index (κ2) is 16.9. The Bertz CT molecular complexity index is 1600. The van der Waals surface area contributed by atoms with Crippen LogP contribution in [0.15, 0.2) is 48.9 Å². The van der Waals surface area contributed by atoms with Crippen LogP contribution in [0.3, 0.4) is 0 Å². The van der Waals surface area contributed by atoms with Crippen molar-refractivity contribution in [2.45, 2.75) is 118 Å². The summed E-state index contributed by atoms with van der Waals surface area (Å²) in [4.78, 5) is 92.3. The van der Waals surface area contributed by atoms with E-state index in [4.69, 9.17) is 0 Å². The topological polar surface area (TPSA) is 168 Å². The van der Waals surface area contributed by atoms with Gasteiger partial charge in [-0.2, -0.15) is 0 Å². The monoisotopic (exact) mass is 716 g/mol. The lowest BCUT2D eigenvalue weighted by Gasteiger charge is -2.38. The van der Waals surface area contributed by atoms with Gasteiger partial charge in [-0.3, -0.25) is 33.8 Å². The van der Waals surface area contributed by atoms with Gasteiger partial charge < -0.3 is 20.9 Å². The van der Waals surface area contributed by atoms with E-state index in [0.29, 0.717) is 19.4 Å². The number of fused-ring (bicyclic) bond motifs is 1. The molecule has 1 aliphatic heterocycles. The second-order valence-electron chi connectivity index (χ2n) is 16.6. The average Bonchev–Trinajstić information content (AvgIpc) is 3.70. The van der Waals surface area contributed by atoms with E-state index in [1.54, 1.807) is 4.90 Å². The van der Waals surface area contributed by atoms with Crippen molar-refractivity contribution in [1.29, 1.82) is 0 Å². The molecule has 1 aliphatic carbocycles. The van der Waals surface area contributed by atoms with Crippen LogP contribution in [-0.2, 0) is 24.0 Å². The largest absolute Gasteiger partial charge is 0.343 e. The van der Waals surface area contributed by atoms with Gasteiger partial charge in [0.05, 0.1) is 18.3 Å². The molecule has 52 heavy (non-hydrogen) atoms. The predicted octanol–water partition coefficient (Wildman–Crippen LogP) is 4.60. The van der Waals surface area contributed by atoms with Gasteiger partial charge in [0, 0.05) is 31.3 Å². The predicted molar refractivity (Wildman–Crippen MR) is 196 cm³/mol. The molecule has 1 aromatic heterocycles. The summed E-state index contributed by atoms with van der Waals surface area (Å²) >= 11 is 0. The molecule has 4 amide bonds. The number of benzene rings is 1. The van der Waals surface area contributed by atoms with Gasteiger partial charge in [0.2, 0.25) is 17.6 Å². The number of carbonyl (C=O) groups excluding carboxylic acids is 6. The maximum Gasteiger partial charge on any atom is 0.288 e. The van der Waals surface area contributed by atoms with Crippen LogP contribution >= 0.6 is 0 Å². The van der Waals surface area contributed by atoms with E-state index in [1.165, 1.54) is 18.6 Å². The summed E-state index contributed by atoms with van der Waals surface area (Å²) in [5, 5.41) is 8.52. The standard InChI is InChI=1S/C40H56N6O6/c1-9-14-26(32(48)36(50)43-24(2)25-15-11-10-12-16-25)21-30(47)31-28-18-13-17-27(28)23-46(31)38(52)34(40(6,7)8)45-37(51)33(39(3,4)5)44-35(49)29-22-41-19-20-42-29/h10-12,15-16,19-20,22,24,26-28,31,33-34H,9,13-14,17-18,21,23H2,1-8H3,(H,43,50)(H,44,49)(H,45,51)/t24-,26+,27-,28-,31-,33+,34+/m0/s1. The van der Waals surface area contributed by atoms with Crippen LogP contribution in [0.4, 0.5) is 0 Å². The zero-order chi connectivity index (χ0) is 38.4. The molecule has 0 unspecified atom stereocenters. The molecule has 0 radical (unpaired) electrons. The van der Waals surface area contributed by atoms with E-state index in [0.717, 1.165) is 24.8 Å². The van der Waals surface area contributed by atoms with Gasteiger partial charge in [-0.1, -0.05) is 91.6 Å². The van der Waals surface area contributed by atoms with E-state index < -0.39 is 58.4 Å². The molecule has 0 bridgehead atoms. The molecule has 3 N–H and O–H groups in total. The van der Waals surface area contributed by atoms with Crippen LogP contribution < -0.4 is 16.0 Å². The number of ketones is 2.